The smallest absolute Gasteiger partial charge is 0.126 e. The predicted octanol–water partition coefficient (Wildman–Crippen LogP) is 21.2. The van der Waals surface area contributed by atoms with Crippen LogP contribution in [0, 0.1) is 0 Å². The van der Waals surface area contributed by atoms with Crippen LogP contribution in [0.5, 0.6) is 34.5 Å². The zero-order valence-corrected chi connectivity index (χ0v) is 60.1. The Labute approximate surface area is 545 Å². The molecule has 2 aliphatic heterocycles. The Kier molecular flexibility index (Phi) is 19.5. The lowest BCUT2D eigenvalue weighted by atomic mass is 9.79. The molecule has 0 saturated carbocycles. The summed E-state index contributed by atoms with van der Waals surface area (Å²) in [5.41, 5.74) is 22.0. The number of ether oxygens (including phenoxy) is 6. The van der Waals surface area contributed by atoms with Gasteiger partial charge in [-0.05, 0) is 176 Å². The first-order valence-electron chi connectivity index (χ1n) is 33.1. The molecule has 0 fully saturated rings. The summed E-state index contributed by atoms with van der Waals surface area (Å²) in [7, 11) is 0. The summed E-state index contributed by atoms with van der Waals surface area (Å²) in [6, 6.07) is 35.5. The highest BCUT2D eigenvalue weighted by atomic mass is 79.9. The minimum atomic E-state index is -0.207. The van der Waals surface area contributed by atoms with Crippen molar-refractivity contribution in [3.63, 3.8) is 0 Å². The van der Waals surface area contributed by atoms with Crippen LogP contribution in [0.3, 0.4) is 0 Å². The molecule has 0 N–H and O–H groups in total. The van der Waals surface area contributed by atoms with Gasteiger partial charge in [-0.25, -0.2) is 0 Å². The lowest BCUT2D eigenvalue weighted by Gasteiger charge is -2.29. The summed E-state index contributed by atoms with van der Waals surface area (Å²) in [6.07, 6.45) is 3.51. The second-order valence-corrected chi connectivity index (χ2v) is 32.3. The third-order valence-electron chi connectivity index (χ3n) is 18.0. The van der Waals surface area contributed by atoms with Crippen molar-refractivity contribution in [2.24, 2.45) is 0 Å². The molecule has 0 atom stereocenters. The van der Waals surface area contributed by atoms with Crippen LogP contribution in [0.2, 0.25) is 0 Å². The Morgan fingerprint density at radius 3 is 0.652 bits per heavy atom. The van der Waals surface area contributed by atoms with E-state index in [0.29, 0.717) is 78.2 Å². The molecule has 12 bridgehead atoms. The van der Waals surface area contributed by atoms with Crippen molar-refractivity contribution in [1.82, 2.24) is 0 Å². The van der Waals surface area contributed by atoms with Crippen LogP contribution < -0.4 is 28.4 Å². The number of halogens is 1. The van der Waals surface area contributed by atoms with Gasteiger partial charge in [-0.2, -0.15) is 0 Å². The van der Waals surface area contributed by atoms with E-state index >= 15 is 0 Å². The summed E-state index contributed by atoms with van der Waals surface area (Å²) in [5.74, 6) is 5.43. The summed E-state index contributed by atoms with van der Waals surface area (Å²) in [5, 5.41) is 0. The van der Waals surface area contributed by atoms with Crippen molar-refractivity contribution in [1.29, 1.82) is 0 Å². The van der Waals surface area contributed by atoms with E-state index in [1.807, 2.05) is 0 Å². The molecule has 6 nitrogen and oxygen atoms in total. The third-order valence-corrected chi connectivity index (χ3v) is 19.0. The number of rotatable bonds is 8. The highest BCUT2D eigenvalue weighted by Crippen LogP contribution is 2.47. The maximum absolute atomic E-state index is 7.60. The van der Waals surface area contributed by atoms with Crippen LogP contribution in [0.15, 0.2) is 95.5 Å². The van der Waals surface area contributed by atoms with Gasteiger partial charge >= 0.3 is 0 Å². The lowest BCUT2D eigenvalue weighted by Crippen LogP contribution is -2.18. The first-order chi connectivity index (χ1) is 41.6. The Hall–Kier alpha value is -6.18. The molecule has 2 heterocycles. The molecule has 0 radical (unpaired) electrons. The Bertz CT molecular complexity index is 3310. The van der Waals surface area contributed by atoms with Gasteiger partial charge in [-0.15, -0.1) is 0 Å². The summed E-state index contributed by atoms with van der Waals surface area (Å²) < 4.78 is 44.5. The molecule has 0 aliphatic carbocycles. The highest BCUT2D eigenvalue weighted by molar-refractivity contribution is 9.10. The first kappa shape index (κ1) is 67.2. The van der Waals surface area contributed by atoms with Crippen molar-refractivity contribution in [2.45, 2.75) is 237 Å². The normalized spacial score (nSPS) is 14.2. The van der Waals surface area contributed by atoms with E-state index in [1.165, 1.54) is 33.4 Å². The van der Waals surface area contributed by atoms with Gasteiger partial charge in [-0.1, -0.05) is 216 Å². The molecular formula is C82H105BrO6. The van der Waals surface area contributed by atoms with Crippen molar-refractivity contribution in [3.8, 4) is 34.5 Å². The van der Waals surface area contributed by atoms with E-state index < -0.39 is 0 Å². The van der Waals surface area contributed by atoms with Gasteiger partial charge in [0.05, 0.1) is 26.4 Å². The summed E-state index contributed by atoms with van der Waals surface area (Å²) >= 11 is 4.21. The molecule has 0 unspecified atom stereocenters. The fraction of sp³-hybridized carbons (Fsp3) is 0.488. The van der Waals surface area contributed by atoms with Crippen LogP contribution in [0.1, 0.15) is 264 Å². The summed E-state index contributed by atoms with van der Waals surface area (Å²) in [4.78, 5) is 0. The monoisotopic (exact) mass is 1260 g/mol. The molecule has 7 aromatic carbocycles. The predicted molar refractivity (Wildman–Crippen MR) is 375 cm³/mol. The first-order valence-corrected chi connectivity index (χ1v) is 33.9. The second kappa shape index (κ2) is 25.8. The minimum absolute atomic E-state index is 0.184. The molecule has 7 aromatic rings. The number of benzene rings is 7. The quantitative estimate of drug-likeness (QED) is 0.151. The lowest BCUT2D eigenvalue weighted by molar-refractivity contribution is 0.292. The van der Waals surface area contributed by atoms with E-state index in [-0.39, 0.29) is 32.5 Å². The zero-order chi connectivity index (χ0) is 64.9. The van der Waals surface area contributed by atoms with Gasteiger partial charge in [-0.3, -0.25) is 0 Å². The van der Waals surface area contributed by atoms with Gasteiger partial charge < -0.3 is 28.4 Å². The van der Waals surface area contributed by atoms with Crippen LogP contribution in [0.25, 0.3) is 0 Å². The van der Waals surface area contributed by atoms with E-state index in [1.54, 1.807) is 0 Å². The molecule has 7 heteroatoms. The molecule has 9 rings (SSSR count). The standard InChI is InChI=1S/C82H105BrO6/c1-23-84-71-52-30-53-37-65(78(8,9)10)41-57(72(53)85-24-2)33-62-46-69(82(20,21)22)47-63-35-59-43-67(80(14,15)16)39-55(74(59)87-26-4)31-54-38-66(79(11,12)13)42-58(73(54)86-25-3)34-61-45-68(81(17,18)19)44-60(32-56(71)40-64(36-52)77(5,6)7)75(61)88-48-50-28-27-29-51(70(50)83)49-89-76(62)63/h27-29,36-47H,23-26,30-35,48-49H2,1-22H3. The molecule has 0 aromatic heterocycles. The number of fused-ring (bicyclic) bond motifs is 10. The van der Waals surface area contributed by atoms with Gasteiger partial charge in [0.2, 0.25) is 0 Å². The Morgan fingerprint density at radius 2 is 0.472 bits per heavy atom. The average molecular weight is 1270 g/mol. The Morgan fingerprint density at radius 1 is 0.292 bits per heavy atom. The Balaban J connectivity index is 1.52. The van der Waals surface area contributed by atoms with E-state index in [0.717, 1.165) is 117 Å². The fourth-order valence-electron chi connectivity index (χ4n) is 12.8. The van der Waals surface area contributed by atoms with Crippen molar-refractivity contribution in [2.75, 3.05) is 26.4 Å². The van der Waals surface area contributed by atoms with Crippen LogP contribution in [-0.4, -0.2) is 26.4 Å². The minimum Gasteiger partial charge on any atom is -0.493 e. The molecular weight excluding hydrogens is 1160 g/mol. The average Bonchev–Trinajstić information content (AvgIpc) is 1.98. The molecule has 2 aliphatic rings. The molecule has 0 amide bonds. The van der Waals surface area contributed by atoms with Crippen LogP contribution >= 0.6 is 15.9 Å². The van der Waals surface area contributed by atoms with Crippen molar-refractivity contribution < 1.29 is 28.4 Å². The van der Waals surface area contributed by atoms with Gasteiger partial charge in [0.15, 0.2) is 0 Å². The van der Waals surface area contributed by atoms with Crippen molar-refractivity contribution in [3.05, 3.63) is 207 Å². The van der Waals surface area contributed by atoms with E-state index in [9.17, 15) is 0 Å². The topological polar surface area (TPSA) is 55.4 Å². The third kappa shape index (κ3) is 15.1. The van der Waals surface area contributed by atoms with Gasteiger partial charge in [0.1, 0.15) is 47.7 Å². The SMILES string of the molecule is CCOc1c2cc(C(C)(C)C)cc1Cc1cc(C(C)(C)C)cc3c1OCc1cccc(c1Br)COc1c(cc(C(C)(C)C)cc1Cc1cc(C(C)(C)C)cc(c1OCC)Cc1cc(C(C)(C)C)cc(c1OCC)C3)Cc1cc(C(C)(C)C)cc(c1OCC)C2. The highest BCUT2D eigenvalue weighted by Gasteiger charge is 2.32. The molecule has 89 heavy (non-hydrogen) atoms. The number of hydrogen-bond acceptors (Lipinski definition) is 6. The van der Waals surface area contributed by atoms with Gasteiger partial charge in [0, 0.05) is 54.1 Å². The maximum atomic E-state index is 7.60. The van der Waals surface area contributed by atoms with Gasteiger partial charge in [0.25, 0.3) is 0 Å². The second-order valence-electron chi connectivity index (χ2n) is 31.5. The number of hydrogen-bond donors (Lipinski definition) is 0. The molecule has 0 spiro atoms. The van der Waals surface area contributed by atoms with Crippen LogP contribution in [-0.2, 0) is 84.2 Å². The summed E-state index contributed by atoms with van der Waals surface area (Å²) in [6.45, 7) is 53.1. The largest absolute Gasteiger partial charge is 0.493 e. The van der Waals surface area contributed by atoms with Crippen molar-refractivity contribution >= 4 is 15.9 Å². The van der Waals surface area contributed by atoms with Crippen LogP contribution in [0.4, 0.5) is 0 Å². The zero-order valence-electron chi connectivity index (χ0n) is 58.5. The fourth-order valence-corrected chi connectivity index (χ4v) is 13.3. The van der Waals surface area contributed by atoms with E-state index in [4.69, 9.17) is 28.4 Å². The van der Waals surface area contributed by atoms with E-state index in [2.05, 4.69) is 259 Å². The molecule has 0 saturated heterocycles. The molecule has 476 valence electrons. The maximum Gasteiger partial charge on any atom is 0.126 e.